The fourth-order valence-electron chi connectivity index (χ4n) is 2.41. The first-order valence-corrected chi connectivity index (χ1v) is 6.33. The number of carbonyl (C=O) groups is 1. The molecule has 1 aromatic rings. The number of piperidine rings is 1. The van der Waals surface area contributed by atoms with Crippen LogP contribution in [0.2, 0.25) is 0 Å². The lowest BCUT2D eigenvalue weighted by molar-refractivity contribution is -0.384. The molecule has 7 nitrogen and oxygen atoms in total. The van der Waals surface area contributed by atoms with Crippen molar-refractivity contribution >= 4 is 17.3 Å². The number of rotatable bonds is 4. The van der Waals surface area contributed by atoms with Crippen LogP contribution in [-0.2, 0) is 4.79 Å². The molecule has 1 N–H and O–H groups in total. The second kappa shape index (κ2) is 5.77. The van der Waals surface area contributed by atoms with E-state index in [-0.39, 0.29) is 11.6 Å². The van der Waals surface area contributed by atoms with Gasteiger partial charge in [0.15, 0.2) is 0 Å². The summed E-state index contributed by atoms with van der Waals surface area (Å²) in [4.78, 5) is 23.4. The van der Waals surface area contributed by atoms with Gasteiger partial charge in [-0.05, 0) is 18.9 Å². The lowest BCUT2D eigenvalue weighted by atomic mass is 9.96. The molecule has 0 aromatic heterocycles. The Bertz CT molecular complexity index is 523. The summed E-state index contributed by atoms with van der Waals surface area (Å²) in [7, 11) is 1.50. The third kappa shape index (κ3) is 2.81. The largest absolute Gasteiger partial charge is 0.497 e. The number of methoxy groups -OCH3 is 1. The van der Waals surface area contributed by atoms with Gasteiger partial charge < -0.3 is 14.7 Å². The van der Waals surface area contributed by atoms with E-state index in [0.29, 0.717) is 37.4 Å². The highest BCUT2D eigenvalue weighted by Gasteiger charge is 2.28. The van der Waals surface area contributed by atoms with Crippen LogP contribution >= 0.6 is 0 Å². The van der Waals surface area contributed by atoms with Gasteiger partial charge in [-0.1, -0.05) is 0 Å². The van der Waals surface area contributed by atoms with Gasteiger partial charge in [0.25, 0.3) is 5.69 Å². The quantitative estimate of drug-likeness (QED) is 0.669. The first-order chi connectivity index (χ1) is 9.52. The zero-order valence-corrected chi connectivity index (χ0v) is 11.1. The average molecular weight is 280 g/mol. The topological polar surface area (TPSA) is 92.9 Å². The Hall–Kier alpha value is -2.31. The van der Waals surface area contributed by atoms with Gasteiger partial charge in [0, 0.05) is 25.2 Å². The fraction of sp³-hybridized carbons (Fsp3) is 0.462. The lowest BCUT2D eigenvalue weighted by Gasteiger charge is -2.31. The maximum absolute atomic E-state index is 11.1. The van der Waals surface area contributed by atoms with Crippen LogP contribution in [0, 0.1) is 16.0 Å². The molecule has 1 aliphatic heterocycles. The summed E-state index contributed by atoms with van der Waals surface area (Å²) < 4.78 is 5.10. The Morgan fingerprint density at radius 1 is 1.45 bits per heavy atom. The van der Waals surface area contributed by atoms with E-state index in [0.717, 1.165) is 0 Å². The van der Waals surface area contributed by atoms with E-state index in [1.54, 1.807) is 12.1 Å². The van der Waals surface area contributed by atoms with Crippen molar-refractivity contribution < 1.29 is 19.6 Å². The molecule has 0 spiro atoms. The third-order valence-corrected chi connectivity index (χ3v) is 3.56. The molecule has 0 saturated carbocycles. The van der Waals surface area contributed by atoms with Crippen molar-refractivity contribution in [1.29, 1.82) is 0 Å². The zero-order chi connectivity index (χ0) is 14.7. The van der Waals surface area contributed by atoms with E-state index >= 15 is 0 Å². The van der Waals surface area contributed by atoms with Gasteiger partial charge in [0.2, 0.25) is 0 Å². The van der Waals surface area contributed by atoms with Crippen LogP contribution in [0.25, 0.3) is 0 Å². The first-order valence-electron chi connectivity index (χ1n) is 6.33. The molecule has 1 saturated heterocycles. The minimum Gasteiger partial charge on any atom is -0.497 e. The molecule has 0 unspecified atom stereocenters. The molecule has 1 aliphatic rings. The second-order valence-electron chi connectivity index (χ2n) is 4.71. The Morgan fingerprint density at radius 2 is 2.10 bits per heavy atom. The van der Waals surface area contributed by atoms with Crippen LogP contribution < -0.4 is 9.64 Å². The number of hydrogen-bond acceptors (Lipinski definition) is 5. The molecule has 1 heterocycles. The van der Waals surface area contributed by atoms with Crippen LogP contribution in [0.1, 0.15) is 12.8 Å². The number of carboxylic acids is 1. The number of benzene rings is 1. The Labute approximate surface area is 115 Å². The standard InChI is InChI=1S/C13H16N2O5/c1-20-10-2-3-11(15(18)19)12(8-10)14-6-4-9(5-7-14)13(16)17/h2-3,8-9H,4-7H2,1H3,(H,16,17). The molecule has 0 aliphatic carbocycles. The maximum Gasteiger partial charge on any atom is 0.306 e. The molecule has 1 aromatic carbocycles. The van der Waals surface area contributed by atoms with Crippen LogP contribution in [0.15, 0.2) is 18.2 Å². The SMILES string of the molecule is COc1ccc([N+](=O)[O-])c(N2CCC(C(=O)O)CC2)c1. The van der Waals surface area contributed by atoms with E-state index < -0.39 is 10.9 Å². The monoisotopic (exact) mass is 280 g/mol. The number of aliphatic carboxylic acids is 1. The lowest BCUT2D eigenvalue weighted by Crippen LogP contribution is -2.36. The third-order valence-electron chi connectivity index (χ3n) is 3.56. The van der Waals surface area contributed by atoms with E-state index in [1.807, 2.05) is 4.90 Å². The van der Waals surface area contributed by atoms with Crippen molar-refractivity contribution in [3.8, 4) is 5.75 Å². The predicted octanol–water partition coefficient (Wildman–Crippen LogP) is 1.90. The van der Waals surface area contributed by atoms with Crippen LogP contribution in [-0.4, -0.2) is 36.2 Å². The van der Waals surface area contributed by atoms with Gasteiger partial charge in [-0.25, -0.2) is 0 Å². The molecule has 7 heteroatoms. The van der Waals surface area contributed by atoms with Crippen molar-refractivity contribution in [2.24, 2.45) is 5.92 Å². The summed E-state index contributed by atoms with van der Waals surface area (Å²) in [5, 5.41) is 20.1. The van der Waals surface area contributed by atoms with Crippen LogP contribution in [0.3, 0.4) is 0 Å². The normalized spacial score (nSPS) is 15.9. The number of anilines is 1. The molecule has 20 heavy (non-hydrogen) atoms. The van der Waals surface area contributed by atoms with Gasteiger partial charge in [-0.3, -0.25) is 14.9 Å². The molecule has 2 rings (SSSR count). The van der Waals surface area contributed by atoms with E-state index in [4.69, 9.17) is 9.84 Å². The number of nitro benzene ring substituents is 1. The highest BCUT2D eigenvalue weighted by molar-refractivity contribution is 5.71. The molecule has 0 atom stereocenters. The molecule has 0 bridgehead atoms. The van der Waals surface area contributed by atoms with Gasteiger partial charge in [0.1, 0.15) is 11.4 Å². The summed E-state index contributed by atoms with van der Waals surface area (Å²) >= 11 is 0. The summed E-state index contributed by atoms with van der Waals surface area (Å²) in [5.74, 6) is -0.619. The molecule has 1 fully saturated rings. The Kier molecular flexibility index (Phi) is 4.07. The van der Waals surface area contributed by atoms with E-state index in [9.17, 15) is 14.9 Å². The Morgan fingerprint density at radius 3 is 2.60 bits per heavy atom. The van der Waals surface area contributed by atoms with Crippen molar-refractivity contribution in [2.45, 2.75) is 12.8 Å². The number of nitro groups is 1. The summed E-state index contributed by atoms with van der Waals surface area (Å²) in [5.41, 5.74) is 0.498. The number of ether oxygens (including phenoxy) is 1. The van der Waals surface area contributed by atoms with Crippen molar-refractivity contribution in [3.05, 3.63) is 28.3 Å². The summed E-state index contributed by atoms with van der Waals surface area (Å²) in [6.07, 6.45) is 0.980. The maximum atomic E-state index is 11.1. The first kappa shape index (κ1) is 14.1. The Balaban J connectivity index is 2.23. The summed E-state index contributed by atoms with van der Waals surface area (Å²) in [6, 6.07) is 4.59. The summed E-state index contributed by atoms with van der Waals surface area (Å²) in [6.45, 7) is 0.982. The van der Waals surface area contributed by atoms with Gasteiger partial charge in [0.05, 0.1) is 18.0 Å². The molecular formula is C13H16N2O5. The van der Waals surface area contributed by atoms with Crippen LogP contribution in [0.4, 0.5) is 11.4 Å². The smallest absolute Gasteiger partial charge is 0.306 e. The van der Waals surface area contributed by atoms with Crippen molar-refractivity contribution in [1.82, 2.24) is 0 Å². The number of hydrogen-bond donors (Lipinski definition) is 1. The average Bonchev–Trinajstić information content (AvgIpc) is 2.46. The van der Waals surface area contributed by atoms with Gasteiger partial charge >= 0.3 is 5.97 Å². The molecule has 0 radical (unpaired) electrons. The van der Waals surface area contributed by atoms with E-state index in [1.165, 1.54) is 13.2 Å². The van der Waals surface area contributed by atoms with Gasteiger partial charge in [-0.2, -0.15) is 0 Å². The molecule has 0 amide bonds. The van der Waals surface area contributed by atoms with Crippen molar-refractivity contribution in [3.63, 3.8) is 0 Å². The fourth-order valence-corrected chi connectivity index (χ4v) is 2.41. The molecule has 108 valence electrons. The van der Waals surface area contributed by atoms with Crippen molar-refractivity contribution in [2.75, 3.05) is 25.1 Å². The predicted molar refractivity (Wildman–Crippen MR) is 72.2 cm³/mol. The highest BCUT2D eigenvalue weighted by atomic mass is 16.6. The second-order valence-corrected chi connectivity index (χ2v) is 4.71. The van der Waals surface area contributed by atoms with E-state index in [2.05, 4.69) is 0 Å². The highest BCUT2D eigenvalue weighted by Crippen LogP contribution is 2.34. The van der Waals surface area contributed by atoms with Gasteiger partial charge in [-0.15, -0.1) is 0 Å². The molecular weight excluding hydrogens is 264 g/mol. The number of nitrogens with zero attached hydrogens (tertiary/aromatic N) is 2. The minimum absolute atomic E-state index is 0.0135. The number of carboxylic acid groups (broad SMARTS) is 1. The minimum atomic E-state index is -0.801. The zero-order valence-electron chi connectivity index (χ0n) is 11.1. The van der Waals surface area contributed by atoms with Crippen LogP contribution in [0.5, 0.6) is 5.75 Å².